The van der Waals surface area contributed by atoms with Crippen molar-refractivity contribution in [3.05, 3.63) is 12.0 Å². The summed E-state index contributed by atoms with van der Waals surface area (Å²) in [6.45, 7) is 2.74. The van der Waals surface area contributed by atoms with Crippen molar-refractivity contribution in [3.8, 4) is 0 Å². The fraction of sp³-hybridized carbons (Fsp3) is 0.667. The second-order valence-corrected chi connectivity index (χ2v) is 5.69. The molecular formula is C9H17ClN4O2S. The van der Waals surface area contributed by atoms with Gasteiger partial charge in [-0.25, -0.2) is 18.1 Å². The molecule has 0 amide bonds. The molecular weight excluding hydrogens is 264 g/mol. The van der Waals surface area contributed by atoms with Crippen LogP contribution < -0.4 is 10.5 Å². The summed E-state index contributed by atoms with van der Waals surface area (Å²) in [4.78, 5) is 4.11. The van der Waals surface area contributed by atoms with E-state index in [1.807, 2.05) is 0 Å². The Balaban J connectivity index is 0.00000144. The van der Waals surface area contributed by atoms with Gasteiger partial charge in [-0.3, -0.25) is 0 Å². The molecule has 1 atom stereocenters. The fourth-order valence-electron chi connectivity index (χ4n) is 1.82. The summed E-state index contributed by atoms with van der Waals surface area (Å²) in [5.41, 5.74) is 5.40. The second kappa shape index (κ2) is 5.34. The van der Waals surface area contributed by atoms with E-state index in [0.717, 1.165) is 25.2 Å². The Bertz CT molecular complexity index is 485. The maximum Gasteiger partial charge on any atom is 0.258 e. The minimum Gasteiger partial charge on any atom is -0.329 e. The van der Waals surface area contributed by atoms with Crippen LogP contribution in [-0.4, -0.2) is 30.6 Å². The lowest BCUT2D eigenvalue weighted by Gasteiger charge is -2.12. The van der Waals surface area contributed by atoms with Gasteiger partial charge in [-0.2, -0.15) is 0 Å². The predicted octanol–water partition coefficient (Wildman–Crippen LogP) is -0.123. The van der Waals surface area contributed by atoms with Gasteiger partial charge in [-0.1, -0.05) is 0 Å². The molecule has 0 bridgehead atoms. The average Bonchev–Trinajstić information content (AvgIpc) is 2.76. The zero-order chi connectivity index (χ0) is 11.8. The molecule has 98 valence electrons. The number of hydrogen-bond acceptors (Lipinski definition) is 4. The van der Waals surface area contributed by atoms with Crippen LogP contribution in [0.3, 0.4) is 0 Å². The van der Waals surface area contributed by atoms with Crippen molar-refractivity contribution in [2.75, 3.05) is 6.54 Å². The van der Waals surface area contributed by atoms with E-state index in [0.29, 0.717) is 0 Å². The van der Waals surface area contributed by atoms with Crippen molar-refractivity contribution < 1.29 is 8.42 Å². The van der Waals surface area contributed by atoms with E-state index >= 15 is 0 Å². The van der Waals surface area contributed by atoms with Crippen LogP contribution in [0.4, 0.5) is 0 Å². The molecule has 3 N–H and O–H groups in total. The van der Waals surface area contributed by atoms with Crippen molar-refractivity contribution in [1.29, 1.82) is 0 Å². The number of rotatable bonds is 4. The highest BCUT2D eigenvalue weighted by Crippen LogP contribution is 2.19. The van der Waals surface area contributed by atoms with E-state index in [1.54, 1.807) is 11.5 Å². The molecule has 0 aliphatic carbocycles. The third-order valence-electron chi connectivity index (χ3n) is 2.67. The molecule has 0 radical (unpaired) electrons. The van der Waals surface area contributed by atoms with Crippen LogP contribution >= 0.6 is 12.4 Å². The molecule has 17 heavy (non-hydrogen) atoms. The highest BCUT2D eigenvalue weighted by atomic mass is 35.5. The second-order valence-electron chi connectivity index (χ2n) is 4.03. The smallest absolute Gasteiger partial charge is 0.258 e. The number of aryl methyl sites for hydroxylation is 1. The lowest BCUT2D eigenvalue weighted by Crippen LogP contribution is -2.38. The van der Waals surface area contributed by atoms with Crippen LogP contribution in [0.15, 0.2) is 11.2 Å². The van der Waals surface area contributed by atoms with E-state index in [2.05, 4.69) is 9.71 Å². The molecule has 1 aliphatic heterocycles. The number of imidazole rings is 1. The third kappa shape index (κ3) is 2.79. The van der Waals surface area contributed by atoms with Crippen LogP contribution in [0.2, 0.25) is 0 Å². The van der Waals surface area contributed by atoms with Gasteiger partial charge < -0.3 is 10.3 Å². The molecule has 1 aromatic rings. The summed E-state index contributed by atoms with van der Waals surface area (Å²) < 4.78 is 28.3. The molecule has 2 rings (SSSR count). The highest BCUT2D eigenvalue weighted by Gasteiger charge is 2.25. The largest absolute Gasteiger partial charge is 0.329 e. The Labute approximate surface area is 107 Å². The Morgan fingerprint density at radius 2 is 2.35 bits per heavy atom. The lowest BCUT2D eigenvalue weighted by molar-refractivity contribution is 0.548. The van der Waals surface area contributed by atoms with Gasteiger partial charge >= 0.3 is 0 Å². The molecule has 0 fully saturated rings. The van der Waals surface area contributed by atoms with Crippen LogP contribution in [0.1, 0.15) is 19.2 Å². The molecule has 0 unspecified atom stereocenters. The zero-order valence-corrected chi connectivity index (χ0v) is 11.2. The molecule has 2 heterocycles. The molecule has 0 saturated carbocycles. The summed E-state index contributed by atoms with van der Waals surface area (Å²) in [5, 5.41) is 0.250. The van der Waals surface area contributed by atoms with Crippen LogP contribution in [0.25, 0.3) is 0 Å². The van der Waals surface area contributed by atoms with Gasteiger partial charge in [0.15, 0.2) is 5.03 Å². The molecule has 6 nitrogen and oxygen atoms in total. The Kier molecular flexibility index (Phi) is 4.54. The van der Waals surface area contributed by atoms with Crippen LogP contribution in [0, 0.1) is 0 Å². The first-order valence-corrected chi connectivity index (χ1v) is 6.79. The van der Waals surface area contributed by atoms with Crippen molar-refractivity contribution in [2.24, 2.45) is 5.73 Å². The summed E-state index contributed by atoms with van der Waals surface area (Å²) >= 11 is 0. The van der Waals surface area contributed by atoms with Crippen molar-refractivity contribution in [1.82, 2.24) is 14.3 Å². The van der Waals surface area contributed by atoms with Crippen LogP contribution in [-0.2, 0) is 23.0 Å². The molecule has 8 heteroatoms. The first-order chi connectivity index (χ1) is 7.54. The number of sulfonamides is 1. The standard InChI is InChI=1S/C9H16N4O2S.ClH/c1-7(5-10)12-16(14,15)9-6-11-8-3-2-4-13(8)9;/h6-7,12H,2-5,10H2,1H3;1H/t7-;/m1./s1. The third-order valence-corrected chi connectivity index (χ3v) is 4.26. The van der Waals surface area contributed by atoms with E-state index in [4.69, 9.17) is 5.73 Å². The predicted molar refractivity (Wildman–Crippen MR) is 66.6 cm³/mol. The normalized spacial score (nSPS) is 16.4. The van der Waals surface area contributed by atoms with E-state index in [1.165, 1.54) is 6.20 Å². The molecule has 0 aromatic carbocycles. The maximum atomic E-state index is 12.0. The van der Waals surface area contributed by atoms with Crippen molar-refractivity contribution >= 4 is 22.4 Å². The number of nitrogens with one attached hydrogen (secondary N) is 1. The molecule has 0 saturated heterocycles. The van der Waals surface area contributed by atoms with E-state index in [-0.39, 0.29) is 30.0 Å². The van der Waals surface area contributed by atoms with Gasteiger partial charge in [-0.15, -0.1) is 12.4 Å². The van der Waals surface area contributed by atoms with E-state index in [9.17, 15) is 8.42 Å². The number of hydrogen-bond donors (Lipinski definition) is 2. The summed E-state index contributed by atoms with van der Waals surface area (Å²) in [6, 6.07) is -0.266. The monoisotopic (exact) mass is 280 g/mol. The first-order valence-electron chi connectivity index (χ1n) is 5.31. The number of fused-ring (bicyclic) bond motifs is 1. The van der Waals surface area contributed by atoms with Crippen molar-refractivity contribution in [3.63, 3.8) is 0 Å². The number of halogens is 1. The first kappa shape index (κ1) is 14.4. The van der Waals surface area contributed by atoms with Crippen LogP contribution in [0.5, 0.6) is 0 Å². The zero-order valence-electron chi connectivity index (χ0n) is 9.59. The van der Waals surface area contributed by atoms with Gasteiger partial charge in [0.05, 0.1) is 6.20 Å². The molecule has 1 aliphatic rings. The number of nitrogens with zero attached hydrogens (tertiary/aromatic N) is 2. The Hall–Kier alpha value is -0.630. The van der Waals surface area contributed by atoms with E-state index < -0.39 is 10.0 Å². The summed E-state index contributed by atoms with van der Waals surface area (Å²) in [5.74, 6) is 0.848. The highest BCUT2D eigenvalue weighted by molar-refractivity contribution is 7.89. The molecule has 1 aromatic heterocycles. The summed E-state index contributed by atoms with van der Waals surface area (Å²) in [7, 11) is -3.48. The minimum absolute atomic E-state index is 0. The fourth-order valence-corrected chi connectivity index (χ4v) is 3.24. The quantitative estimate of drug-likeness (QED) is 0.804. The topological polar surface area (TPSA) is 90.0 Å². The van der Waals surface area contributed by atoms with Gasteiger partial charge in [0.25, 0.3) is 10.0 Å². The number of aromatic nitrogens is 2. The van der Waals surface area contributed by atoms with Gasteiger partial charge in [-0.05, 0) is 13.3 Å². The van der Waals surface area contributed by atoms with Gasteiger partial charge in [0, 0.05) is 25.6 Å². The maximum absolute atomic E-state index is 12.0. The van der Waals surface area contributed by atoms with Gasteiger partial charge in [0.2, 0.25) is 0 Å². The van der Waals surface area contributed by atoms with Crippen molar-refractivity contribution in [2.45, 2.75) is 37.4 Å². The Morgan fingerprint density at radius 1 is 1.65 bits per heavy atom. The average molecular weight is 281 g/mol. The minimum atomic E-state index is -3.48. The Morgan fingerprint density at radius 3 is 3.00 bits per heavy atom. The van der Waals surface area contributed by atoms with Gasteiger partial charge in [0.1, 0.15) is 5.82 Å². The molecule has 0 spiro atoms. The summed E-state index contributed by atoms with van der Waals surface area (Å²) in [6.07, 6.45) is 3.22. The lowest BCUT2D eigenvalue weighted by atomic mass is 10.4. The SMILES string of the molecule is C[C@H](CN)NS(=O)(=O)c1cnc2n1CCC2.Cl. The number of nitrogens with two attached hydrogens (primary N) is 1.